The molecule has 0 radical (unpaired) electrons. The minimum Gasteiger partial charge on any atom is -0.324 e. The van der Waals surface area contributed by atoms with Crippen LogP contribution in [0.2, 0.25) is 0 Å². The van der Waals surface area contributed by atoms with Gasteiger partial charge < -0.3 is 11.1 Å². The Balaban J connectivity index is 1.54. The van der Waals surface area contributed by atoms with Gasteiger partial charge in [-0.15, -0.1) is 11.3 Å². The van der Waals surface area contributed by atoms with Gasteiger partial charge in [0, 0.05) is 24.4 Å². The maximum atomic E-state index is 6.15. The van der Waals surface area contributed by atoms with Crippen LogP contribution >= 0.6 is 11.3 Å². The van der Waals surface area contributed by atoms with Crippen LogP contribution in [0, 0.1) is 0 Å². The number of thiazole rings is 1. The summed E-state index contributed by atoms with van der Waals surface area (Å²) < 4.78 is 0. The highest BCUT2D eigenvalue weighted by atomic mass is 32.1. The van der Waals surface area contributed by atoms with Crippen molar-refractivity contribution < 1.29 is 0 Å². The first-order valence-corrected chi connectivity index (χ1v) is 7.69. The molecule has 0 aliphatic carbocycles. The zero-order valence-corrected chi connectivity index (χ0v) is 11.9. The van der Waals surface area contributed by atoms with Crippen molar-refractivity contribution in [1.29, 1.82) is 0 Å². The van der Waals surface area contributed by atoms with E-state index in [2.05, 4.69) is 27.8 Å². The van der Waals surface area contributed by atoms with E-state index in [1.54, 1.807) is 11.3 Å². The van der Waals surface area contributed by atoms with E-state index in [0.29, 0.717) is 0 Å². The molecular weight excluding hydrogens is 254 g/mol. The van der Waals surface area contributed by atoms with Gasteiger partial charge in [0.2, 0.25) is 0 Å². The largest absolute Gasteiger partial charge is 0.324 e. The van der Waals surface area contributed by atoms with Gasteiger partial charge in [-0.2, -0.15) is 0 Å². The Morgan fingerprint density at radius 3 is 2.79 bits per heavy atom. The number of rotatable bonds is 8. The van der Waals surface area contributed by atoms with Crippen LogP contribution in [-0.2, 0) is 6.42 Å². The fourth-order valence-electron chi connectivity index (χ4n) is 2.02. The number of nitrogens with one attached hydrogen (secondary N) is 1. The SMILES string of the molecule is NC(CCCNCCc1cscn1)c1ccccc1. The smallest absolute Gasteiger partial charge is 0.0794 e. The first-order chi connectivity index (χ1) is 9.36. The normalized spacial score (nSPS) is 12.5. The zero-order valence-electron chi connectivity index (χ0n) is 11.1. The van der Waals surface area contributed by atoms with Crippen molar-refractivity contribution in [2.75, 3.05) is 13.1 Å². The molecule has 2 rings (SSSR count). The maximum absolute atomic E-state index is 6.15. The molecule has 1 unspecified atom stereocenters. The summed E-state index contributed by atoms with van der Waals surface area (Å²) in [5.74, 6) is 0. The molecule has 0 aliphatic heterocycles. The molecule has 1 atom stereocenters. The Morgan fingerprint density at radius 1 is 1.21 bits per heavy atom. The van der Waals surface area contributed by atoms with Gasteiger partial charge in [-0.25, -0.2) is 4.98 Å². The lowest BCUT2D eigenvalue weighted by Gasteiger charge is -2.11. The lowest BCUT2D eigenvalue weighted by atomic mass is 10.0. The van der Waals surface area contributed by atoms with Crippen LogP contribution in [0.5, 0.6) is 0 Å². The summed E-state index contributed by atoms with van der Waals surface area (Å²) in [6.45, 7) is 2.01. The second kappa shape index (κ2) is 8.04. The monoisotopic (exact) mass is 275 g/mol. The Bertz CT molecular complexity index is 442. The molecule has 2 aromatic rings. The van der Waals surface area contributed by atoms with Crippen molar-refractivity contribution in [2.45, 2.75) is 25.3 Å². The van der Waals surface area contributed by atoms with Crippen LogP contribution in [0.1, 0.15) is 30.1 Å². The standard InChI is InChI=1S/C15H21N3S/c16-15(13-5-2-1-3-6-13)7-4-9-17-10-8-14-11-19-12-18-14/h1-3,5-6,11-12,15,17H,4,7-10,16H2. The second-order valence-corrected chi connectivity index (χ2v) is 5.36. The summed E-state index contributed by atoms with van der Waals surface area (Å²) in [7, 11) is 0. The lowest BCUT2D eigenvalue weighted by Crippen LogP contribution is -2.20. The molecule has 102 valence electrons. The van der Waals surface area contributed by atoms with Gasteiger partial charge >= 0.3 is 0 Å². The molecule has 1 aromatic heterocycles. The van der Waals surface area contributed by atoms with Crippen LogP contribution < -0.4 is 11.1 Å². The van der Waals surface area contributed by atoms with Crippen molar-refractivity contribution in [2.24, 2.45) is 5.73 Å². The molecule has 0 saturated carbocycles. The minimum atomic E-state index is 0.154. The molecule has 0 amide bonds. The summed E-state index contributed by atoms with van der Waals surface area (Å²) in [5.41, 5.74) is 10.4. The zero-order chi connectivity index (χ0) is 13.3. The Hall–Kier alpha value is -1.23. The van der Waals surface area contributed by atoms with Crippen molar-refractivity contribution in [1.82, 2.24) is 10.3 Å². The molecule has 0 spiro atoms. The fraction of sp³-hybridized carbons (Fsp3) is 0.400. The van der Waals surface area contributed by atoms with Gasteiger partial charge in [-0.3, -0.25) is 0 Å². The first kappa shape index (κ1) is 14.2. The molecule has 1 heterocycles. The van der Waals surface area contributed by atoms with Gasteiger partial charge in [0.15, 0.2) is 0 Å². The van der Waals surface area contributed by atoms with E-state index >= 15 is 0 Å². The average Bonchev–Trinajstić information content (AvgIpc) is 2.96. The quantitative estimate of drug-likeness (QED) is 0.728. The third-order valence-electron chi connectivity index (χ3n) is 3.14. The second-order valence-electron chi connectivity index (χ2n) is 4.64. The Morgan fingerprint density at radius 2 is 2.05 bits per heavy atom. The number of aromatic nitrogens is 1. The summed E-state index contributed by atoms with van der Waals surface area (Å²) in [6.07, 6.45) is 3.13. The number of hydrogen-bond acceptors (Lipinski definition) is 4. The molecule has 0 fully saturated rings. The molecular formula is C15H21N3S. The Kier molecular flexibility index (Phi) is 6.01. The van der Waals surface area contributed by atoms with E-state index in [-0.39, 0.29) is 6.04 Å². The number of hydrogen-bond donors (Lipinski definition) is 2. The number of benzene rings is 1. The van der Waals surface area contributed by atoms with E-state index in [0.717, 1.165) is 32.4 Å². The molecule has 3 nitrogen and oxygen atoms in total. The summed E-state index contributed by atoms with van der Waals surface area (Å²) in [6, 6.07) is 10.5. The van der Waals surface area contributed by atoms with E-state index in [1.165, 1.54) is 11.3 Å². The lowest BCUT2D eigenvalue weighted by molar-refractivity contribution is 0.566. The predicted octanol–water partition coefficient (Wildman–Crippen LogP) is 2.76. The number of nitrogens with zero attached hydrogens (tertiary/aromatic N) is 1. The van der Waals surface area contributed by atoms with Crippen molar-refractivity contribution in [3.63, 3.8) is 0 Å². The van der Waals surface area contributed by atoms with Gasteiger partial charge in [0.05, 0.1) is 11.2 Å². The molecule has 1 aromatic carbocycles. The van der Waals surface area contributed by atoms with E-state index in [9.17, 15) is 0 Å². The van der Waals surface area contributed by atoms with Crippen LogP contribution in [0.15, 0.2) is 41.2 Å². The molecule has 0 bridgehead atoms. The third kappa shape index (κ3) is 5.11. The van der Waals surface area contributed by atoms with E-state index < -0.39 is 0 Å². The summed E-state index contributed by atoms with van der Waals surface area (Å²) >= 11 is 1.65. The van der Waals surface area contributed by atoms with Crippen molar-refractivity contribution in [3.05, 3.63) is 52.5 Å². The highest BCUT2D eigenvalue weighted by molar-refractivity contribution is 7.07. The maximum Gasteiger partial charge on any atom is 0.0794 e. The molecule has 0 aliphatic rings. The van der Waals surface area contributed by atoms with Crippen LogP contribution in [-0.4, -0.2) is 18.1 Å². The topological polar surface area (TPSA) is 50.9 Å². The van der Waals surface area contributed by atoms with Crippen LogP contribution in [0.3, 0.4) is 0 Å². The van der Waals surface area contributed by atoms with Gasteiger partial charge in [-0.1, -0.05) is 30.3 Å². The molecule has 0 saturated heterocycles. The van der Waals surface area contributed by atoms with Crippen molar-refractivity contribution in [3.8, 4) is 0 Å². The van der Waals surface area contributed by atoms with Crippen molar-refractivity contribution >= 4 is 11.3 Å². The predicted molar refractivity (Wildman–Crippen MR) is 81.3 cm³/mol. The fourth-order valence-corrected chi connectivity index (χ4v) is 2.61. The average molecular weight is 275 g/mol. The van der Waals surface area contributed by atoms with Crippen LogP contribution in [0.25, 0.3) is 0 Å². The van der Waals surface area contributed by atoms with Gasteiger partial charge in [0.25, 0.3) is 0 Å². The van der Waals surface area contributed by atoms with E-state index in [1.807, 2.05) is 23.7 Å². The number of nitrogens with two attached hydrogens (primary N) is 1. The van der Waals surface area contributed by atoms with E-state index in [4.69, 9.17) is 5.73 Å². The third-order valence-corrected chi connectivity index (χ3v) is 3.77. The van der Waals surface area contributed by atoms with Gasteiger partial charge in [-0.05, 0) is 24.9 Å². The van der Waals surface area contributed by atoms with Gasteiger partial charge in [0.1, 0.15) is 0 Å². The Labute approximate surface area is 118 Å². The molecule has 4 heteroatoms. The summed E-state index contributed by atoms with van der Waals surface area (Å²) in [5, 5.41) is 5.54. The highest BCUT2D eigenvalue weighted by Gasteiger charge is 2.04. The molecule has 19 heavy (non-hydrogen) atoms. The first-order valence-electron chi connectivity index (χ1n) is 6.74. The summed E-state index contributed by atoms with van der Waals surface area (Å²) in [4.78, 5) is 4.26. The van der Waals surface area contributed by atoms with Crippen LogP contribution in [0.4, 0.5) is 0 Å². The minimum absolute atomic E-state index is 0.154. The highest BCUT2D eigenvalue weighted by Crippen LogP contribution is 2.14. The molecule has 3 N–H and O–H groups in total.